The van der Waals surface area contributed by atoms with Crippen LogP contribution in [0.2, 0.25) is 0 Å². The van der Waals surface area contributed by atoms with Crippen molar-refractivity contribution < 1.29 is 13.2 Å². The molecule has 0 aromatic rings. The summed E-state index contributed by atoms with van der Waals surface area (Å²) in [5, 5.41) is 3.65. The van der Waals surface area contributed by atoms with Crippen LogP contribution in [-0.4, -0.2) is 70.2 Å². The van der Waals surface area contributed by atoms with Crippen LogP contribution < -0.4 is 5.32 Å². The normalized spacial score (nSPS) is 31.0. The van der Waals surface area contributed by atoms with Gasteiger partial charge in [0, 0.05) is 38.7 Å². The molecule has 0 aromatic heterocycles. The number of ether oxygens (including phenoxy) is 1. The highest BCUT2D eigenvalue weighted by Crippen LogP contribution is 2.22. The molecule has 3 rings (SSSR count). The first-order chi connectivity index (χ1) is 11.6. The van der Waals surface area contributed by atoms with E-state index in [0.29, 0.717) is 30.0 Å². The predicted octanol–water partition coefficient (Wildman–Crippen LogP) is 1.28. The molecular formula is C17H31N3O3S. The van der Waals surface area contributed by atoms with E-state index in [1.54, 1.807) is 7.11 Å². The fourth-order valence-corrected chi connectivity index (χ4v) is 5.97. The highest BCUT2D eigenvalue weighted by Gasteiger charge is 2.30. The highest BCUT2D eigenvalue weighted by molar-refractivity contribution is 7.91. The molecule has 0 amide bonds. The molecule has 2 saturated heterocycles. The van der Waals surface area contributed by atoms with E-state index >= 15 is 0 Å². The Morgan fingerprint density at radius 2 is 2.00 bits per heavy atom. The summed E-state index contributed by atoms with van der Waals surface area (Å²) in [5.74, 6) is 2.38. The maximum absolute atomic E-state index is 11.6. The second-order valence-electron chi connectivity index (χ2n) is 7.62. The molecule has 0 bridgehead atoms. The number of hydrogen-bond acceptors (Lipinski definition) is 4. The molecule has 1 saturated carbocycles. The molecule has 7 heteroatoms. The van der Waals surface area contributed by atoms with Crippen LogP contribution in [0.1, 0.15) is 38.5 Å². The Morgan fingerprint density at radius 1 is 1.21 bits per heavy atom. The molecule has 2 heterocycles. The molecule has 6 nitrogen and oxygen atoms in total. The third-order valence-electron chi connectivity index (χ3n) is 5.50. The smallest absolute Gasteiger partial charge is 0.194 e. The van der Waals surface area contributed by atoms with Gasteiger partial charge in [0.1, 0.15) is 0 Å². The van der Waals surface area contributed by atoms with Gasteiger partial charge in [-0.05, 0) is 31.6 Å². The van der Waals surface area contributed by atoms with Gasteiger partial charge in [0.25, 0.3) is 0 Å². The van der Waals surface area contributed by atoms with Crippen LogP contribution >= 0.6 is 0 Å². The molecule has 0 radical (unpaired) electrons. The van der Waals surface area contributed by atoms with Crippen molar-refractivity contribution >= 4 is 15.8 Å². The number of hydrogen-bond donors (Lipinski definition) is 1. The van der Waals surface area contributed by atoms with E-state index in [1.165, 1.54) is 25.7 Å². The lowest BCUT2D eigenvalue weighted by molar-refractivity contribution is 0.157. The number of guanidine groups is 1. The third-order valence-corrected chi connectivity index (χ3v) is 7.34. The minimum absolute atomic E-state index is 0.188. The Kier molecular flexibility index (Phi) is 6.02. The van der Waals surface area contributed by atoms with Crippen molar-refractivity contribution in [3.05, 3.63) is 0 Å². The zero-order valence-corrected chi connectivity index (χ0v) is 15.6. The van der Waals surface area contributed by atoms with Crippen molar-refractivity contribution in [2.24, 2.45) is 16.8 Å². The molecule has 2 unspecified atom stereocenters. The number of likely N-dealkylation sites (tertiary alicyclic amines) is 1. The first kappa shape index (κ1) is 18.0. The molecule has 3 aliphatic rings. The minimum atomic E-state index is -2.82. The Labute approximate surface area is 146 Å². The lowest BCUT2D eigenvalue weighted by Crippen LogP contribution is -2.44. The number of methoxy groups -OCH3 is 1. The largest absolute Gasteiger partial charge is 0.384 e. The Bertz CT molecular complexity index is 543. The van der Waals surface area contributed by atoms with Crippen LogP contribution in [0.25, 0.3) is 0 Å². The Morgan fingerprint density at radius 3 is 2.67 bits per heavy atom. The Hall–Kier alpha value is -0.820. The molecule has 2 atom stereocenters. The molecule has 1 aliphatic carbocycles. The van der Waals surface area contributed by atoms with E-state index in [4.69, 9.17) is 9.73 Å². The van der Waals surface area contributed by atoms with Crippen molar-refractivity contribution in [1.29, 1.82) is 0 Å². The van der Waals surface area contributed by atoms with Crippen molar-refractivity contribution in [2.45, 2.75) is 44.6 Å². The van der Waals surface area contributed by atoms with Crippen molar-refractivity contribution in [1.82, 2.24) is 10.2 Å². The van der Waals surface area contributed by atoms with E-state index in [0.717, 1.165) is 38.5 Å². The van der Waals surface area contributed by atoms with E-state index in [2.05, 4.69) is 10.2 Å². The number of nitrogens with one attached hydrogen (secondary N) is 1. The molecule has 1 N–H and O–H groups in total. The first-order valence-electron chi connectivity index (χ1n) is 9.31. The minimum Gasteiger partial charge on any atom is -0.384 e. The van der Waals surface area contributed by atoms with Gasteiger partial charge in [0.15, 0.2) is 15.8 Å². The van der Waals surface area contributed by atoms with E-state index in [9.17, 15) is 8.42 Å². The van der Waals surface area contributed by atoms with Gasteiger partial charge in [0.05, 0.1) is 18.1 Å². The molecule has 0 aromatic carbocycles. The van der Waals surface area contributed by atoms with Crippen molar-refractivity contribution in [3.63, 3.8) is 0 Å². The van der Waals surface area contributed by atoms with E-state index < -0.39 is 9.84 Å². The maximum Gasteiger partial charge on any atom is 0.194 e. The summed E-state index contributed by atoms with van der Waals surface area (Å²) in [6.07, 6.45) is 6.90. The molecular weight excluding hydrogens is 326 g/mol. The molecule has 3 fully saturated rings. The fourth-order valence-electron chi connectivity index (χ4n) is 4.12. The van der Waals surface area contributed by atoms with Crippen LogP contribution in [0.4, 0.5) is 0 Å². The van der Waals surface area contributed by atoms with Gasteiger partial charge in [-0.25, -0.2) is 8.42 Å². The van der Waals surface area contributed by atoms with Crippen LogP contribution in [-0.2, 0) is 14.6 Å². The Balaban J connectivity index is 1.61. The van der Waals surface area contributed by atoms with E-state index in [-0.39, 0.29) is 5.92 Å². The lowest BCUT2D eigenvalue weighted by atomic mass is 10.1. The SMILES string of the molecule is COCC1CCN(C(=NCC2CCS(=O)(=O)C2)NC2CCCC2)C1. The van der Waals surface area contributed by atoms with Gasteiger partial charge in [-0.15, -0.1) is 0 Å². The molecule has 24 heavy (non-hydrogen) atoms. The lowest BCUT2D eigenvalue weighted by Gasteiger charge is -2.25. The topological polar surface area (TPSA) is 71.0 Å². The summed E-state index contributed by atoms with van der Waals surface area (Å²) in [6, 6.07) is 0.525. The van der Waals surface area contributed by atoms with E-state index in [1.807, 2.05) is 0 Å². The van der Waals surface area contributed by atoms with Crippen molar-refractivity contribution in [2.75, 3.05) is 44.9 Å². The van der Waals surface area contributed by atoms with Crippen molar-refractivity contribution in [3.8, 4) is 0 Å². The summed E-state index contributed by atoms with van der Waals surface area (Å²) in [4.78, 5) is 7.18. The zero-order valence-electron chi connectivity index (χ0n) is 14.7. The number of sulfone groups is 1. The van der Waals surface area contributed by atoms with Gasteiger partial charge in [0.2, 0.25) is 0 Å². The number of rotatable bonds is 5. The van der Waals surface area contributed by atoms with Gasteiger partial charge in [-0.1, -0.05) is 12.8 Å². The van der Waals surface area contributed by atoms with Gasteiger partial charge in [-0.3, -0.25) is 4.99 Å². The standard InChI is InChI=1S/C17H31N3O3S/c1-23-12-15-6-8-20(11-15)17(19-16-4-2-3-5-16)18-10-14-7-9-24(21,22)13-14/h14-16H,2-13H2,1H3,(H,18,19). The second-order valence-corrected chi connectivity index (χ2v) is 9.84. The van der Waals surface area contributed by atoms with Gasteiger partial charge in [-0.2, -0.15) is 0 Å². The van der Waals surface area contributed by atoms with Crippen LogP contribution in [0.5, 0.6) is 0 Å². The summed E-state index contributed by atoms with van der Waals surface area (Å²) in [7, 11) is -1.06. The summed E-state index contributed by atoms with van der Waals surface area (Å²) in [6.45, 7) is 3.42. The van der Waals surface area contributed by atoms with Gasteiger partial charge >= 0.3 is 0 Å². The molecule has 138 valence electrons. The number of nitrogens with zero attached hydrogens (tertiary/aromatic N) is 2. The van der Waals surface area contributed by atoms with Crippen LogP contribution in [0.3, 0.4) is 0 Å². The van der Waals surface area contributed by atoms with Crippen LogP contribution in [0, 0.1) is 11.8 Å². The first-order valence-corrected chi connectivity index (χ1v) is 11.1. The van der Waals surface area contributed by atoms with Crippen LogP contribution in [0.15, 0.2) is 4.99 Å². The summed E-state index contributed by atoms with van der Waals surface area (Å²) >= 11 is 0. The quantitative estimate of drug-likeness (QED) is 0.593. The number of aliphatic imine (C=N–C) groups is 1. The summed E-state index contributed by atoms with van der Waals surface area (Å²) < 4.78 is 28.6. The highest BCUT2D eigenvalue weighted by atomic mass is 32.2. The molecule has 0 spiro atoms. The van der Waals surface area contributed by atoms with Gasteiger partial charge < -0.3 is 15.0 Å². The maximum atomic E-state index is 11.6. The molecule has 2 aliphatic heterocycles. The average molecular weight is 358 g/mol. The zero-order chi connectivity index (χ0) is 17.0. The predicted molar refractivity (Wildman–Crippen MR) is 96.0 cm³/mol. The fraction of sp³-hybridized carbons (Fsp3) is 0.941. The monoisotopic (exact) mass is 357 g/mol. The summed E-state index contributed by atoms with van der Waals surface area (Å²) in [5.41, 5.74) is 0. The third kappa shape index (κ3) is 4.85. The average Bonchev–Trinajstić information content (AvgIpc) is 3.25. The second kappa shape index (κ2) is 8.04.